The summed E-state index contributed by atoms with van der Waals surface area (Å²) in [5.74, 6) is -0.550. The number of benzene rings is 1. The summed E-state index contributed by atoms with van der Waals surface area (Å²) in [6, 6.07) is 8.90. The summed E-state index contributed by atoms with van der Waals surface area (Å²) in [5, 5.41) is 8.90. The van der Waals surface area contributed by atoms with Gasteiger partial charge >= 0.3 is 5.97 Å². The number of rotatable bonds is 5. The first-order chi connectivity index (χ1) is 9.61. The Kier molecular flexibility index (Phi) is 4.48. The maximum Gasteiger partial charge on any atom is 0.335 e. The summed E-state index contributed by atoms with van der Waals surface area (Å²) in [6.45, 7) is 2.78. The normalized spacial score (nSPS) is 12.1. The molecule has 20 heavy (non-hydrogen) atoms. The molecule has 0 saturated carbocycles. The fourth-order valence-electron chi connectivity index (χ4n) is 2.11. The highest BCUT2D eigenvalue weighted by molar-refractivity contribution is 5.88. The average molecular weight is 270 g/mol. The van der Waals surface area contributed by atoms with E-state index >= 15 is 0 Å². The average Bonchev–Trinajstić information content (AvgIpc) is 2.48. The maximum atomic E-state index is 10.8. The fourth-order valence-corrected chi connectivity index (χ4v) is 2.11. The first-order valence-corrected chi connectivity index (χ1v) is 6.60. The van der Waals surface area contributed by atoms with Crippen LogP contribution in [0.3, 0.4) is 0 Å². The second-order valence-corrected chi connectivity index (χ2v) is 4.87. The van der Waals surface area contributed by atoms with Crippen molar-refractivity contribution in [2.75, 3.05) is 6.54 Å². The van der Waals surface area contributed by atoms with Crippen LogP contribution in [0, 0.1) is 0 Å². The number of carbonyl (C=O) groups is 1. The van der Waals surface area contributed by atoms with Gasteiger partial charge in [0.15, 0.2) is 0 Å². The Balaban J connectivity index is 2.28. The molecule has 0 bridgehead atoms. The molecule has 0 aliphatic heterocycles. The van der Waals surface area contributed by atoms with Gasteiger partial charge in [-0.2, -0.15) is 0 Å². The minimum absolute atomic E-state index is 0.286. The number of aromatic nitrogens is 1. The van der Waals surface area contributed by atoms with Crippen molar-refractivity contribution in [3.05, 3.63) is 53.9 Å². The molecule has 0 spiro atoms. The molecule has 4 heteroatoms. The van der Waals surface area contributed by atoms with Crippen LogP contribution >= 0.6 is 0 Å². The molecule has 1 aromatic heterocycles. The van der Waals surface area contributed by atoms with Gasteiger partial charge in [0.05, 0.1) is 5.56 Å². The Hall–Kier alpha value is -2.20. The van der Waals surface area contributed by atoms with Crippen molar-refractivity contribution in [2.45, 2.75) is 19.3 Å². The van der Waals surface area contributed by atoms with Crippen LogP contribution in [0.2, 0.25) is 0 Å². The molecule has 1 atom stereocenters. The van der Waals surface area contributed by atoms with E-state index in [4.69, 9.17) is 10.8 Å². The monoisotopic (exact) mass is 270 g/mol. The van der Waals surface area contributed by atoms with Crippen LogP contribution in [0.15, 0.2) is 42.7 Å². The lowest BCUT2D eigenvalue weighted by Gasteiger charge is -2.11. The van der Waals surface area contributed by atoms with Crippen LogP contribution in [0.25, 0.3) is 11.1 Å². The molecule has 3 N–H and O–H groups in total. The molecule has 4 nitrogen and oxygen atoms in total. The number of hydrogen-bond acceptors (Lipinski definition) is 3. The summed E-state index contributed by atoms with van der Waals surface area (Å²) in [6.07, 6.45) is 4.56. The number of nitrogens with two attached hydrogens (primary N) is 1. The zero-order valence-electron chi connectivity index (χ0n) is 11.4. The van der Waals surface area contributed by atoms with Gasteiger partial charge in [-0.3, -0.25) is 4.98 Å². The van der Waals surface area contributed by atoms with E-state index in [0.29, 0.717) is 12.5 Å². The quantitative estimate of drug-likeness (QED) is 0.875. The van der Waals surface area contributed by atoms with Gasteiger partial charge in [0.25, 0.3) is 0 Å². The third-order valence-corrected chi connectivity index (χ3v) is 3.39. The van der Waals surface area contributed by atoms with E-state index in [1.165, 1.54) is 0 Å². The number of pyridine rings is 1. The zero-order chi connectivity index (χ0) is 14.5. The maximum absolute atomic E-state index is 10.8. The summed E-state index contributed by atoms with van der Waals surface area (Å²) in [4.78, 5) is 15.1. The minimum atomic E-state index is -0.917. The summed E-state index contributed by atoms with van der Waals surface area (Å²) >= 11 is 0. The Morgan fingerprint density at radius 3 is 2.55 bits per heavy atom. The highest BCUT2D eigenvalue weighted by Crippen LogP contribution is 2.24. The predicted octanol–water partition coefficient (Wildman–Crippen LogP) is 2.90. The molecule has 0 amide bonds. The molecular weight excluding hydrogens is 252 g/mol. The summed E-state index contributed by atoms with van der Waals surface area (Å²) in [7, 11) is 0. The second kappa shape index (κ2) is 6.30. The topological polar surface area (TPSA) is 76.2 Å². The van der Waals surface area contributed by atoms with Crippen molar-refractivity contribution in [3.8, 4) is 11.1 Å². The molecular formula is C16H18N2O2. The molecule has 0 aliphatic carbocycles. The third kappa shape index (κ3) is 3.22. The molecule has 1 aromatic carbocycles. The zero-order valence-corrected chi connectivity index (χ0v) is 11.4. The lowest BCUT2D eigenvalue weighted by atomic mass is 9.96. The molecule has 2 aromatic rings. The minimum Gasteiger partial charge on any atom is -0.478 e. The van der Waals surface area contributed by atoms with E-state index in [1.54, 1.807) is 30.5 Å². The Bertz CT molecular complexity index is 594. The molecule has 0 saturated heterocycles. The molecule has 0 aliphatic rings. The first kappa shape index (κ1) is 14.2. The van der Waals surface area contributed by atoms with Gasteiger partial charge in [0, 0.05) is 18.0 Å². The number of carboxylic acids is 1. The standard InChI is InChI=1S/C16H18N2O2/c1-11(6-7-17)14-8-15(10-18-9-14)12-2-4-13(5-3-12)16(19)20/h2-5,8-11H,6-7,17H2,1H3,(H,19,20). The van der Waals surface area contributed by atoms with E-state index < -0.39 is 5.97 Å². The molecule has 104 valence electrons. The first-order valence-electron chi connectivity index (χ1n) is 6.60. The van der Waals surface area contributed by atoms with E-state index in [-0.39, 0.29) is 5.56 Å². The summed E-state index contributed by atoms with van der Waals surface area (Å²) in [5.41, 5.74) is 8.97. The fraction of sp³-hybridized carbons (Fsp3) is 0.250. The lowest BCUT2D eigenvalue weighted by Crippen LogP contribution is -2.05. The van der Waals surface area contributed by atoms with Crippen LogP contribution in [0.1, 0.15) is 35.2 Å². The van der Waals surface area contributed by atoms with Gasteiger partial charge in [-0.15, -0.1) is 0 Å². The highest BCUT2D eigenvalue weighted by Gasteiger charge is 2.08. The smallest absolute Gasteiger partial charge is 0.335 e. The third-order valence-electron chi connectivity index (χ3n) is 3.39. The largest absolute Gasteiger partial charge is 0.478 e. The number of hydrogen-bond donors (Lipinski definition) is 2. The number of carboxylic acid groups (broad SMARTS) is 1. The van der Waals surface area contributed by atoms with Crippen molar-refractivity contribution < 1.29 is 9.90 Å². The van der Waals surface area contributed by atoms with Crippen LogP contribution in [0.5, 0.6) is 0 Å². The van der Waals surface area contributed by atoms with Gasteiger partial charge in [-0.05, 0) is 48.2 Å². The SMILES string of the molecule is CC(CCN)c1cncc(-c2ccc(C(=O)O)cc2)c1. The van der Waals surface area contributed by atoms with Crippen LogP contribution in [0.4, 0.5) is 0 Å². The summed E-state index contributed by atoms with van der Waals surface area (Å²) < 4.78 is 0. The molecule has 0 radical (unpaired) electrons. The van der Waals surface area contributed by atoms with Crippen molar-refractivity contribution in [1.29, 1.82) is 0 Å². The van der Waals surface area contributed by atoms with E-state index in [2.05, 4.69) is 18.0 Å². The van der Waals surface area contributed by atoms with Gasteiger partial charge in [-0.1, -0.05) is 19.1 Å². The van der Waals surface area contributed by atoms with Gasteiger partial charge in [0.2, 0.25) is 0 Å². The van der Waals surface area contributed by atoms with Crippen molar-refractivity contribution in [3.63, 3.8) is 0 Å². The Morgan fingerprint density at radius 2 is 1.95 bits per heavy atom. The number of nitrogens with zero attached hydrogens (tertiary/aromatic N) is 1. The van der Waals surface area contributed by atoms with Crippen LogP contribution in [-0.2, 0) is 0 Å². The molecule has 1 heterocycles. The molecule has 0 fully saturated rings. The number of aromatic carboxylic acids is 1. The molecule has 2 rings (SSSR count). The van der Waals surface area contributed by atoms with Crippen molar-refractivity contribution in [2.24, 2.45) is 5.73 Å². The lowest BCUT2D eigenvalue weighted by molar-refractivity contribution is 0.0697. The Labute approximate surface area is 118 Å². The van der Waals surface area contributed by atoms with Gasteiger partial charge in [0.1, 0.15) is 0 Å². The van der Waals surface area contributed by atoms with E-state index in [9.17, 15) is 4.79 Å². The predicted molar refractivity (Wildman–Crippen MR) is 78.7 cm³/mol. The molecule has 1 unspecified atom stereocenters. The highest BCUT2D eigenvalue weighted by atomic mass is 16.4. The van der Waals surface area contributed by atoms with Gasteiger partial charge in [-0.25, -0.2) is 4.79 Å². The van der Waals surface area contributed by atoms with Crippen LogP contribution < -0.4 is 5.73 Å². The second-order valence-electron chi connectivity index (χ2n) is 4.87. The van der Waals surface area contributed by atoms with Crippen molar-refractivity contribution in [1.82, 2.24) is 4.98 Å². The Morgan fingerprint density at radius 1 is 1.25 bits per heavy atom. The van der Waals surface area contributed by atoms with Crippen molar-refractivity contribution >= 4 is 5.97 Å². The van der Waals surface area contributed by atoms with E-state index in [1.807, 2.05) is 6.20 Å². The van der Waals surface area contributed by atoms with Crippen LogP contribution in [-0.4, -0.2) is 22.6 Å². The van der Waals surface area contributed by atoms with Gasteiger partial charge < -0.3 is 10.8 Å². The van der Waals surface area contributed by atoms with E-state index in [0.717, 1.165) is 23.1 Å².